The van der Waals surface area contributed by atoms with E-state index in [2.05, 4.69) is 40.8 Å². The lowest BCUT2D eigenvalue weighted by Crippen LogP contribution is -2.04. The third kappa shape index (κ3) is 4.45. The molecule has 0 fully saturated rings. The van der Waals surface area contributed by atoms with Crippen LogP contribution in [0.1, 0.15) is 0 Å². The minimum absolute atomic E-state index is 0.281. The molecule has 0 aliphatic carbocycles. The summed E-state index contributed by atoms with van der Waals surface area (Å²) in [6, 6.07) is 13.2. The van der Waals surface area contributed by atoms with Gasteiger partial charge in [-0.2, -0.15) is 9.97 Å². The topological polar surface area (TPSA) is 132 Å². The summed E-state index contributed by atoms with van der Waals surface area (Å²) in [5.74, 6) is 3.06. The molecule has 0 bridgehead atoms. The van der Waals surface area contributed by atoms with Gasteiger partial charge in [-0.25, -0.2) is 9.97 Å². The Balaban J connectivity index is 1.52. The minimum Gasteiger partial charge on any atom is -0.493 e. The third-order valence-corrected chi connectivity index (χ3v) is 4.25. The van der Waals surface area contributed by atoms with Gasteiger partial charge >= 0.3 is 0 Å². The number of aromatic nitrogens is 6. The van der Waals surface area contributed by atoms with Gasteiger partial charge in [-0.3, -0.25) is 10.4 Å². The van der Waals surface area contributed by atoms with Crippen LogP contribution in [-0.4, -0.2) is 51.5 Å². The molecule has 2 aromatic heterocycles. The summed E-state index contributed by atoms with van der Waals surface area (Å²) in [6.45, 7) is 0. The average molecular weight is 420 g/mol. The second-order valence-corrected chi connectivity index (χ2v) is 6.17. The molecule has 2 heterocycles. The Bertz CT molecular complexity index is 1140. The predicted octanol–water partition coefficient (Wildman–Crippen LogP) is 3.17. The second kappa shape index (κ2) is 8.95. The van der Waals surface area contributed by atoms with Gasteiger partial charge in [0.25, 0.3) is 0 Å². The molecule has 0 radical (unpaired) electrons. The van der Waals surface area contributed by atoms with Gasteiger partial charge in [0, 0.05) is 23.4 Å². The highest BCUT2D eigenvalue weighted by Gasteiger charge is 2.14. The molecule has 0 atom stereocenters. The van der Waals surface area contributed by atoms with E-state index in [1.165, 1.54) is 6.33 Å². The highest BCUT2D eigenvalue weighted by atomic mass is 16.5. The molecule has 0 spiro atoms. The molecule has 11 nitrogen and oxygen atoms in total. The van der Waals surface area contributed by atoms with Crippen LogP contribution in [0.4, 0.5) is 23.5 Å². The van der Waals surface area contributed by atoms with Crippen molar-refractivity contribution in [1.82, 2.24) is 30.1 Å². The molecule has 4 rings (SSSR count). The van der Waals surface area contributed by atoms with E-state index in [0.717, 1.165) is 5.56 Å². The molecule has 3 N–H and O–H groups in total. The van der Waals surface area contributed by atoms with E-state index in [4.69, 9.17) is 14.2 Å². The van der Waals surface area contributed by atoms with Gasteiger partial charge in [-0.05, 0) is 0 Å². The van der Waals surface area contributed by atoms with E-state index in [-0.39, 0.29) is 5.95 Å². The van der Waals surface area contributed by atoms with Gasteiger partial charge in [0.2, 0.25) is 23.6 Å². The molecule has 0 saturated heterocycles. The standard InChI is InChI=1S/C20H20N8O3/c1-29-14-9-13(10-15(30-2)16(14)31-3)23-18-21-11-22-19(25-18)26-20-24-17(27-28-20)12-7-5-4-6-8-12/h4-11H,1-3H3,(H3,21,22,23,24,25,26,27,28). The Hall–Kier alpha value is -4.41. The molecule has 0 unspecified atom stereocenters. The third-order valence-electron chi connectivity index (χ3n) is 4.25. The van der Waals surface area contributed by atoms with E-state index < -0.39 is 0 Å². The zero-order valence-electron chi connectivity index (χ0n) is 17.1. The fraction of sp³-hybridized carbons (Fsp3) is 0.150. The van der Waals surface area contributed by atoms with Crippen molar-refractivity contribution in [2.45, 2.75) is 0 Å². The van der Waals surface area contributed by atoms with Crippen LogP contribution < -0.4 is 24.8 Å². The number of nitrogens with zero attached hydrogens (tertiary/aromatic N) is 5. The van der Waals surface area contributed by atoms with Crippen molar-refractivity contribution in [3.63, 3.8) is 0 Å². The molecule has 11 heteroatoms. The summed E-state index contributed by atoms with van der Waals surface area (Å²) in [4.78, 5) is 17.0. The SMILES string of the molecule is COc1cc(Nc2ncnc(Nc3n[nH]c(-c4ccccc4)n3)n2)cc(OC)c1OC. The summed E-state index contributed by atoms with van der Waals surface area (Å²) >= 11 is 0. The number of H-pyrrole nitrogens is 1. The van der Waals surface area contributed by atoms with E-state index in [1.54, 1.807) is 33.5 Å². The Morgan fingerprint density at radius 1 is 0.774 bits per heavy atom. The molecule has 158 valence electrons. The van der Waals surface area contributed by atoms with E-state index >= 15 is 0 Å². The molecule has 2 aromatic carbocycles. The van der Waals surface area contributed by atoms with Gasteiger partial charge in [0.15, 0.2) is 17.3 Å². The van der Waals surface area contributed by atoms with Gasteiger partial charge < -0.3 is 19.5 Å². The molecule has 0 aliphatic heterocycles. The van der Waals surface area contributed by atoms with Gasteiger partial charge in [0.1, 0.15) is 6.33 Å². The zero-order chi connectivity index (χ0) is 21.6. The minimum atomic E-state index is 0.281. The molecule has 0 amide bonds. The van der Waals surface area contributed by atoms with Crippen molar-refractivity contribution in [1.29, 1.82) is 0 Å². The van der Waals surface area contributed by atoms with Crippen molar-refractivity contribution in [3.05, 3.63) is 48.8 Å². The maximum Gasteiger partial charge on any atom is 0.249 e. The van der Waals surface area contributed by atoms with Crippen LogP contribution in [-0.2, 0) is 0 Å². The maximum absolute atomic E-state index is 5.37. The van der Waals surface area contributed by atoms with Gasteiger partial charge in [-0.1, -0.05) is 30.3 Å². The number of nitrogens with one attached hydrogen (secondary N) is 3. The van der Waals surface area contributed by atoms with Crippen molar-refractivity contribution in [2.24, 2.45) is 0 Å². The van der Waals surface area contributed by atoms with E-state index in [9.17, 15) is 0 Å². The quantitative estimate of drug-likeness (QED) is 0.390. The summed E-state index contributed by atoms with van der Waals surface area (Å²) in [5, 5.41) is 13.1. The zero-order valence-corrected chi connectivity index (χ0v) is 17.1. The van der Waals surface area contributed by atoms with Crippen molar-refractivity contribution >= 4 is 23.5 Å². The van der Waals surface area contributed by atoms with Crippen molar-refractivity contribution in [3.8, 4) is 28.6 Å². The summed E-state index contributed by atoms with van der Waals surface area (Å²) in [7, 11) is 4.64. The normalized spacial score (nSPS) is 10.4. The number of hydrogen-bond donors (Lipinski definition) is 3. The lowest BCUT2D eigenvalue weighted by molar-refractivity contribution is 0.324. The first kappa shape index (κ1) is 19.9. The number of aromatic amines is 1. The lowest BCUT2D eigenvalue weighted by atomic mass is 10.2. The van der Waals surface area contributed by atoms with Crippen LogP contribution in [0.25, 0.3) is 11.4 Å². The Morgan fingerprint density at radius 3 is 2.10 bits per heavy atom. The molecule has 0 saturated carbocycles. The van der Waals surface area contributed by atoms with Crippen molar-refractivity contribution < 1.29 is 14.2 Å². The number of rotatable bonds is 8. The van der Waals surface area contributed by atoms with Crippen molar-refractivity contribution in [2.75, 3.05) is 32.0 Å². The Kier molecular flexibility index (Phi) is 5.74. The molecule has 4 aromatic rings. The number of anilines is 4. The smallest absolute Gasteiger partial charge is 0.249 e. The first-order valence-corrected chi connectivity index (χ1v) is 9.21. The molecule has 31 heavy (non-hydrogen) atoms. The monoisotopic (exact) mass is 420 g/mol. The van der Waals surface area contributed by atoms with Crippen LogP contribution in [0.15, 0.2) is 48.8 Å². The van der Waals surface area contributed by atoms with E-state index in [1.807, 2.05) is 30.3 Å². The number of benzene rings is 2. The number of hydrogen-bond acceptors (Lipinski definition) is 10. The summed E-state index contributed by atoms with van der Waals surface area (Å²) < 4.78 is 16.1. The molecular weight excluding hydrogens is 400 g/mol. The first-order valence-electron chi connectivity index (χ1n) is 9.21. The fourth-order valence-corrected chi connectivity index (χ4v) is 2.84. The number of ether oxygens (including phenoxy) is 3. The van der Waals surface area contributed by atoms with Crippen LogP contribution >= 0.6 is 0 Å². The maximum atomic E-state index is 5.37. The average Bonchev–Trinajstić information content (AvgIpc) is 3.27. The van der Waals surface area contributed by atoms with Crippen LogP contribution in [0.3, 0.4) is 0 Å². The van der Waals surface area contributed by atoms with Crippen LogP contribution in [0.5, 0.6) is 17.2 Å². The van der Waals surface area contributed by atoms with Gasteiger partial charge in [-0.15, -0.1) is 5.10 Å². The molecular formula is C20H20N8O3. The fourth-order valence-electron chi connectivity index (χ4n) is 2.84. The second-order valence-electron chi connectivity index (χ2n) is 6.17. The van der Waals surface area contributed by atoms with Crippen LogP contribution in [0.2, 0.25) is 0 Å². The Labute approximate surface area is 177 Å². The summed E-state index contributed by atoms with van der Waals surface area (Å²) in [6.07, 6.45) is 1.38. The van der Waals surface area contributed by atoms with Gasteiger partial charge in [0.05, 0.1) is 21.3 Å². The predicted molar refractivity (Wildman–Crippen MR) is 114 cm³/mol. The first-order chi connectivity index (χ1) is 15.2. The van der Waals surface area contributed by atoms with E-state index in [0.29, 0.717) is 40.7 Å². The lowest BCUT2D eigenvalue weighted by Gasteiger charge is -2.14. The highest BCUT2D eigenvalue weighted by molar-refractivity contribution is 5.66. The summed E-state index contributed by atoms with van der Waals surface area (Å²) in [5.41, 5.74) is 1.57. The Morgan fingerprint density at radius 2 is 1.45 bits per heavy atom. The number of methoxy groups -OCH3 is 3. The molecule has 0 aliphatic rings. The largest absolute Gasteiger partial charge is 0.493 e. The highest BCUT2D eigenvalue weighted by Crippen LogP contribution is 2.40. The van der Waals surface area contributed by atoms with Crippen LogP contribution in [0, 0.1) is 0 Å².